The lowest BCUT2D eigenvalue weighted by Gasteiger charge is -2.13. The van der Waals surface area contributed by atoms with E-state index in [1.807, 2.05) is 0 Å². The number of aliphatic imine (C=N–C) groups is 1. The van der Waals surface area contributed by atoms with Crippen molar-refractivity contribution in [2.24, 2.45) is 4.99 Å². The molecule has 0 aromatic carbocycles. The van der Waals surface area contributed by atoms with Crippen molar-refractivity contribution >= 4 is 5.96 Å². The molecule has 0 aliphatic carbocycles. The number of nitrogens with zero attached hydrogens (tertiary/aromatic N) is 2. The molecule has 0 fully saturated rings. The predicted octanol–water partition coefficient (Wildman–Crippen LogP) is 0.513. The van der Waals surface area contributed by atoms with Crippen molar-refractivity contribution in [1.82, 2.24) is 15.5 Å². The quantitative estimate of drug-likeness (QED) is 0.485. The average molecular weight is 200 g/mol. The zero-order chi connectivity index (χ0) is 10.8. The fourth-order valence-electron chi connectivity index (χ4n) is 1.000. The maximum absolute atomic E-state index is 4.44. The summed E-state index contributed by atoms with van der Waals surface area (Å²) in [4.78, 5) is 6.69. The molecule has 0 spiro atoms. The van der Waals surface area contributed by atoms with Crippen LogP contribution in [0, 0.1) is 0 Å². The Balaban J connectivity index is 3.77. The SMILES string of the molecule is CCNC(=NCCN(C)CC)NCC. The van der Waals surface area contributed by atoms with Gasteiger partial charge < -0.3 is 15.5 Å². The largest absolute Gasteiger partial charge is 0.357 e. The van der Waals surface area contributed by atoms with Crippen LogP contribution in [-0.2, 0) is 0 Å². The summed E-state index contributed by atoms with van der Waals surface area (Å²) in [5.74, 6) is 0.916. The summed E-state index contributed by atoms with van der Waals surface area (Å²) in [7, 11) is 2.11. The Morgan fingerprint density at radius 2 is 1.71 bits per heavy atom. The molecule has 0 bridgehead atoms. The van der Waals surface area contributed by atoms with Crippen molar-refractivity contribution in [3.8, 4) is 0 Å². The molecule has 84 valence electrons. The molecule has 0 aliphatic rings. The third-order valence-electron chi connectivity index (χ3n) is 1.98. The summed E-state index contributed by atoms with van der Waals surface area (Å²) in [6.45, 7) is 11.1. The third-order valence-corrected chi connectivity index (χ3v) is 1.98. The standard InChI is InChI=1S/C10H24N4/c1-5-11-10(12-6-2)13-8-9-14(4)7-3/h5-9H2,1-4H3,(H2,11,12,13). The van der Waals surface area contributed by atoms with Crippen LogP contribution in [0.5, 0.6) is 0 Å². The van der Waals surface area contributed by atoms with Gasteiger partial charge in [-0.2, -0.15) is 0 Å². The first-order valence-electron chi connectivity index (χ1n) is 5.45. The highest BCUT2D eigenvalue weighted by Crippen LogP contribution is 1.81. The van der Waals surface area contributed by atoms with E-state index in [1.165, 1.54) is 0 Å². The highest BCUT2D eigenvalue weighted by molar-refractivity contribution is 5.79. The second-order valence-corrected chi connectivity index (χ2v) is 3.19. The van der Waals surface area contributed by atoms with Gasteiger partial charge in [-0.1, -0.05) is 6.92 Å². The first-order chi connectivity index (χ1) is 6.74. The molecular weight excluding hydrogens is 176 g/mol. The minimum atomic E-state index is 0.847. The molecule has 0 saturated carbocycles. The van der Waals surface area contributed by atoms with Crippen LogP contribution >= 0.6 is 0 Å². The van der Waals surface area contributed by atoms with Crippen molar-refractivity contribution in [3.63, 3.8) is 0 Å². The lowest BCUT2D eigenvalue weighted by Crippen LogP contribution is -2.37. The Hall–Kier alpha value is -0.770. The van der Waals surface area contributed by atoms with Gasteiger partial charge in [0.1, 0.15) is 0 Å². The lowest BCUT2D eigenvalue weighted by molar-refractivity contribution is 0.363. The maximum atomic E-state index is 4.44. The number of hydrogen-bond donors (Lipinski definition) is 2. The van der Waals surface area contributed by atoms with E-state index in [2.05, 4.69) is 48.3 Å². The summed E-state index contributed by atoms with van der Waals surface area (Å²) < 4.78 is 0. The molecule has 4 nitrogen and oxygen atoms in total. The fraction of sp³-hybridized carbons (Fsp3) is 0.900. The van der Waals surface area contributed by atoms with Crippen LogP contribution < -0.4 is 10.6 Å². The predicted molar refractivity (Wildman–Crippen MR) is 62.8 cm³/mol. The van der Waals surface area contributed by atoms with Gasteiger partial charge in [0, 0.05) is 19.6 Å². The molecule has 0 aliphatic heterocycles. The Labute approximate surface area is 87.8 Å². The third kappa shape index (κ3) is 6.71. The van der Waals surface area contributed by atoms with Gasteiger partial charge in [-0.15, -0.1) is 0 Å². The molecule has 4 heteroatoms. The van der Waals surface area contributed by atoms with Crippen LogP contribution in [0.25, 0.3) is 0 Å². The monoisotopic (exact) mass is 200 g/mol. The van der Waals surface area contributed by atoms with Crippen molar-refractivity contribution in [2.75, 3.05) is 39.8 Å². The molecule has 0 amide bonds. The van der Waals surface area contributed by atoms with Gasteiger partial charge in [-0.05, 0) is 27.4 Å². The molecule has 0 unspecified atom stereocenters. The molecule has 0 saturated heterocycles. The van der Waals surface area contributed by atoms with E-state index in [9.17, 15) is 0 Å². The van der Waals surface area contributed by atoms with Gasteiger partial charge >= 0.3 is 0 Å². The topological polar surface area (TPSA) is 39.7 Å². The van der Waals surface area contributed by atoms with E-state index in [0.29, 0.717) is 0 Å². The Morgan fingerprint density at radius 1 is 1.14 bits per heavy atom. The molecule has 0 aromatic rings. The number of hydrogen-bond acceptors (Lipinski definition) is 2. The van der Waals surface area contributed by atoms with E-state index in [4.69, 9.17) is 0 Å². The average Bonchev–Trinajstić information content (AvgIpc) is 2.18. The van der Waals surface area contributed by atoms with Gasteiger partial charge in [-0.25, -0.2) is 0 Å². The highest BCUT2D eigenvalue weighted by Gasteiger charge is 1.95. The van der Waals surface area contributed by atoms with E-state index >= 15 is 0 Å². The molecule has 0 heterocycles. The summed E-state index contributed by atoms with van der Waals surface area (Å²) in [5, 5.41) is 6.39. The fourth-order valence-corrected chi connectivity index (χ4v) is 1.000. The van der Waals surface area contributed by atoms with Gasteiger partial charge in [0.05, 0.1) is 6.54 Å². The van der Waals surface area contributed by atoms with Crippen molar-refractivity contribution in [1.29, 1.82) is 0 Å². The summed E-state index contributed by atoms with van der Waals surface area (Å²) >= 11 is 0. The zero-order valence-corrected chi connectivity index (χ0v) is 9.93. The smallest absolute Gasteiger partial charge is 0.191 e. The van der Waals surface area contributed by atoms with Crippen LogP contribution in [0.2, 0.25) is 0 Å². The van der Waals surface area contributed by atoms with Gasteiger partial charge in [0.25, 0.3) is 0 Å². The second kappa shape index (κ2) is 8.81. The molecule has 2 N–H and O–H groups in total. The van der Waals surface area contributed by atoms with Crippen LogP contribution in [-0.4, -0.2) is 50.6 Å². The first-order valence-corrected chi connectivity index (χ1v) is 5.45. The molecule has 0 radical (unpaired) electrons. The minimum Gasteiger partial charge on any atom is -0.357 e. The van der Waals surface area contributed by atoms with Crippen LogP contribution in [0.3, 0.4) is 0 Å². The number of likely N-dealkylation sites (N-methyl/N-ethyl adjacent to an activating group) is 1. The summed E-state index contributed by atoms with van der Waals surface area (Å²) in [6.07, 6.45) is 0. The minimum absolute atomic E-state index is 0.847. The molecule has 0 atom stereocenters. The molecular formula is C10H24N4. The van der Waals surface area contributed by atoms with E-state index < -0.39 is 0 Å². The summed E-state index contributed by atoms with van der Waals surface area (Å²) in [5.41, 5.74) is 0. The van der Waals surface area contributed by atoms with E-state index in [-0.39, 0.29) is 0 Å². The first kappa shape index (κ1) is 13.2. The molecule has 0 rings (SSSR count). The summed E-state index contributed by atoms with van der Waals surface area (Å²) in [6, 6.07) is 0. The molecule has 0 aromatic heterocycles. The number of guanidine groups is 1. The van der Waals surface area contributed by atoms with Gasteiger partial charge in [0.15, 0.2) is 5.96 Å². The van der Waals surface area contributed by atoms with Crippen molar-refractivity contribution in [2.45, 2.75) is 20.8 Å². The van der Waals surface area contributed by atoms with Crippen LogP contribution in [0.1, 0.15) is 20.8 Å². The van der Waals surface area contributed by atoms with E-state index in [0.717, 1.165) is 38.7 Å². The number of rotatable bonds is 6. The maximum Gasteiger partial charge on any atom is 0.191 e. The normalized spacial score (nSPS) is 10.1. The highest BCUT2D eigenvalue weighted by atomic mass is 15.2. The van der Waals surface area contributed by atoms with Gasteiger partial charge in [-0.3, -0.25) is 4.99 Å². The number of nitrogens with one attached hydrogen (secondary N) is 2. The molecule has 14 heavy (non-hydrogen) atoms. The van der Waals surface area contributed by atoms with Crippen LogP contribution in [0.4, 0.5) is 0 Å². The van der Waals surface area contributed by atoms with Gasteiger partial charge in [0.2, 0.25) is 0 Å². The van der Waals surface area contributed by atoms with Crippen molar-refractivity contribution < 1.29 is 0 Å². The van der Waals surface area contributed by atoms with E-state index in [1.54, 1.807) is 0 Å². The Kier molecular flexibility index (Phi) is 8.33. The second-order valence-electron chi connectivity index (χ2n) is 3.19. The van der Waals surface area contributed by atoms with Crippen LogP contribution in [0.15, 0.2) is 4.99 Å². The van der Waals surface area contributed by atoms with Crippen molar-refractivity contribution in [3.05, 3.63) is 0 Å². The Morgan fingerprint density at radius 3 is 2.14 bits per heavy atom. The zero-order valence-electron chi connectivity index (χ0n) is 9.93. The Bertz CT molecular complexity index is 148. The lowest BCUT2D eigenvalue weighted by atomic mass is 10.5.